The van der Waals surface area contributed by atoms with Crippen molar-refractivity contribution in [2.24, 2.45) is 34.8 Å². The van der Waals surface area contributed by atoms with Crippen LogP contribution in [0.25, 0.3) is 0 Å². The Hall–Kier alpha value is -1.59. The largest absolute Gasteiger partial charge is 0.352 e. The van der Waals surface area contributed by atoms with Crippen molar-refractivity contribution in [1.82, 2.24) is 10.6 Å². The maximum atomic E-state index is 13.0. The number of amides is 2. The SMILES string of the molecule is CC(CN)CNC(=O)c1ccc(CNC(=O)C23CC4CC(CC(C4)C2)C3)cc1.Cl. The van der Waals surface area contributed by atoms with Gasteiger partial charge in [-0.1, -0.05) is 19.1 Å². The summed E-state index contributed by atoms with van der Waals surface area (Å²) in [5, 5.41) is 6.10. The topological polar surface area (TPSA) is 84.2 Å². The number of benzene rings is 1. The molecule has 0 radical (unpaired) electrons. The van der Waals surface area contributed by atoms with Crippen LogP contribution in [0, 0.1) is 29.1 Å². The second kappa shape index (κ2) is 9.05. The van der Waals surface area contributed by atoms with Crippen molar-refractivity contribution in [3.8, 4) is 0 Å². The Morgan fingerprint density at radius 2 is 1.59 bits per heavy atom. The minimum Gasteiger partial charge on any atom is -0.352 e. The number of hydrogen-bond donors (Lipinski definition) is 3. The molecule has 4 aliphatic carbocycles. The van der Waals surface area contributed by atoms with Gasteiger partial charge in [-0.25, -0.2) is 0 Å². The lowest BCUT2D eigenvalue weighted by Gasteiger charge is -2.55. The van der Waals surface area contributed by atoms with Gasteiger partial charge in [0.1, 0.15) is 0 Å². The number of carbonyl (C=O) groups is 2. The average molecular weight is 420 g/mol. The average Bonchev–Trinajstić information content (AvgIpc) is 2.69. The van der Waals surface area contributed by atoms with Crippen molar-refractivity contribution in [3.63, 3.8) is 0 Å². The van der Waals surface area contributed by atoms with Gasteiger partial charge < -0.3 is 16.4 Å². The van der Waals surface area contributed by atoms with E-state index in [4.69, 9.17) is 5.73 Å². The fourth-order valence-electron chi connectivity index (χ4n) is 5.98. The summed E-state index contributed by atoms with van der Waals surface area (Å²) in [5.74, 6) is 2.77. The maximum absolute atomic E-state index is 13.0. The van der Waals surface area contributed by atoms with Crippen LogP contribution in [0.2, 0.25) is 0 Å². The molecule has 4 saturated carbocycles. The summed E-state index contributed by atoms with van der Waals surface area (Å²) in [7, 11) is 0. The summed E-state index contributed by atoms with van der Waals surface area (Å²) in [6, 6.07) is 7.52. The molecule has 4 fully saturated rings. The van der Waals surface area contributed by atoms with Crippen LogP contribution in [-0.4, -0.2) is 24.9 Å². The first-order chi connectivity index (χ1) is 13.5. The van der Waals surface area contributed by atoms with Gasteiger partial charge in [0.25, 0.3) is 5.91 Å². The van der Waals surface area contributed by atoms with Crippen LogP contribution in [0.1, 0.15) is 61.4 Å². The summed E-state index contributed by atoms with van der Waals surface area (Å²) in [6.45, 7) is 3.68. The lowest BCUT2D eigenvalue weighted by atomic mass is 9.49. The summed E-state index contributed by atoms with van der Waals surface area (Å²) >= 11 is 0. The highest BCUT2D eigenvalue weighted by Gasteiger charge is 2.54. The molecule has 1 aromatic carbocycles. The van der Waals surface area contributed by atoms with Crippen LogP contribution in [0.3, 0.4) is 0 Å². The van der Waals surface area contributed by atoms with E-state index in [1.807, 2.05) is 31.2 Å². The summed E-state index contributed by atoms with van der Waals surface area (Å²) in [5.41, 5.74) is 7.15. The second-order valence-electron chi connectivity index (χ2n) is 9.63. The molecule has 0 aromatic heterocycles. The van der Waals surface area contributed by atoms with Gasteiger partial charge in [-0.15, -0.1) is 12.4 Å². The molecule has 4 N–H and O–H groups in total. The minimum absolute atomic E-state index is 0. The molecule has 0 spiro atoms. The molecule has 2 amide bonds. The Morgan fingerprint density at radius 1 is 1.03 bits per heavy atom. The van der Waals surface area contributed by atoms with Crippen LogP contribution in [0.4, 0.5) is 0 Å². The molecule has 4 bridgehead atoms. The highest BCUT2D eigenvalue weighted by atomic mass is 35.5. The molecule has 0 aliphatic heterocycles. The third kappa shape index (κ3) is 4.77. The summed E-state index contributed by atoms with van der Waals surface area (Å²) in [6.07, 6.45) is 7.31. The quantitative estimate of drug-likeness (QED) is 0.634. The van der Waals surface area contributed by atoms with Crippen LogP contribution >= 0.6 is 12.4 Å². The Kier molecular flexibility index (Phi) is 6.90. The van der Waals surface area contributed by atoms with Gasteiger partial charge in [-0.2, -0.15) is 0 Å². The third-order valence-electron chi connectivity index (χ3n) is 7.20. The Balaban J connectivity index is 0.00000240. The lowest BCUT2D eigenvalue weighted by molar-refractivity contribution is -0.146. The standard InChI is InChI=1S/C23H33N3O2.ClH/c1-15(12-24)13-25-21(27)20-4-2-16(3-5-20)14-26-22(28)23-9-17-6-18(10-23)8-19(7-17)11-23;/h2-5,15,17-19H,6-14,24H2,1H3,(H,25,27)(H,26,28);1H. The van der Waals surface area contributed by atoms with Crippen molar-refractivity contribution in [1.29, 1.82) is 0 Å². The number of rotatable bonds is 7. The van der Waals surface area contributed by atoms with Crippen molar-refractivity contribution in [2.45, 2.75) is 52.0 Å². The van der Waals surface area contributed by atoms with E-state index in [-0.39, 0.29) is 35.6 Å². The first-order valence-electron chi connectivity index (χ1n) is 10.8. The molecule has 1 aromatic rings. The monoisotopic (exact) mass is 419 g/mol. The van der Waals surface area contributed by atoms with Crippen molar-refractivity contribution < 1.29 is 9.59 Å². The Labute approximate surface area is 180 Å². The number of hydrogen-bond acceptors (Lipinski definition) is 3. The molecule has 0 heterocycles. The number of carbonyl (C=O) groups excluding carboxylic acids is 2. The molecule has 5 rings (SSSR count). The van der Waals surface area contributed by atoms with E-state index in [2.05, 4.69) is 10.6 Å². The van der Waals surface area contributed by atoms with E-state index in [0.29, 0.717) is 25.2 Å². The van der Waals surface area contributed by atoms with Gasteiger partial charge in [-0.05, 0) is 86.4 Å². The molecule has 29 heavy (non-hydrogen) atoms. The van der Waals surface area contributed by atoms with E-state index >= 15 is 0 Å². The third-order valence-corrected chi connectivity index (χ3v) is 7.20. The summed E-state index contributed by atoms with van der Waals surface area (Å²) < 4.78 is 0. The fourth-order valence-corrected chi connectivity index (χ4v) is 5.98. The molecular formula is C23H34ClN3O2. The molecule has 160 valence electrons. The number of nitrogens with two attached hydrogens (primary N) is 1. The predicted octanol–water partition coefficient (Wildman–Crippen LogP) is 3.27. The van der Waals surface area contributed by atoms with E-state index in [1.54, 1.807) is 0 Å². The first kappa shape index (κ1) is 22.1. The van der Waals surface area contributed by atoms with Crippen molar-refractivity contribution >= 4 is 24.2 Å². The van der Waals surface area contributed by atoms with Gasteiger partial charge in [0.15, 0.2) is 0 Å². The van der Waals surface area contributed by atoms with Gasteiger partial charge in [0.2, 0.25) is 5.91 Å². The number of nitrogens with one attached hydrogen (secondary N) is 2. The Bertz CT molecular complexity index is 699. The smallest absolute Gasteiger partial charge is 0.251 e. The molecule has 6 heteroatoms. The first-order valence-corrected chi connectivity index (χ1v) is 10.8. The lowest BCUT2D eigenvalue weighted by Crippen LogP contribution is -2.53. The molecule has 4 aliphatic rings. The number of halogens is 1. The second-order valence-corrected chi connectivity index (χ2v) is 9.63. The highest BCUT2D eigenvalue weighted by Crippen LogP contribution is 2.60. The maximum Gasteiger partial charge on any atom is 0.251 e. The van der Waals surface area contributed by atoms with Crippen molar-refractivity contribution in [2.75, 3.05) is 13.1 Å². The van der Waals surface area contributed by atoms with E-state index < -0.39 is 0 Å². The van der Waals surface area contributed by atoms with Gasteiger partial charge in [-0.3, -0.25) is 9.59 Å². The van der Waals surface area contributed by atoms with Gasteiger partial charge in [0, 0.05) is 24.1 Å². The normalized spacial score (nSPS) is 30.3. The van der Waals surface area contributed by atoms with E-state index in [1.165, 1.54) is 19.3 Å². The Morgan fingerprint density at radius 3 is 2.10 bits per heavy atom. The van der Waals surface area contributed by atoms with E-state index in [0.717, 1.165) is 42.6 Å². The zero-order valence-corrected chi connectivity index (χ0v) is 18.1. The van der Waals surface area contributed by atoms with Crippen LogP contribution in [0.5, 0.6) is 0 Å². The van der Waals surface area contributed by atoms with Gasteiger partial charge in [0.05, 0.1) is 0 Å². The molecule has 1 atom stereocenters. The van der Waals surface area contributed by atoms with Crippen molar-refractivity contribution in [3.05, 3.63) is 35.4 Å². The predicted molar refractivity (Wildman–Crippen MR) is 117 cm³/mol. The zero-order valence-electron chi connectivity index (χ0n) is 17.3. The molecule has 0 saturated heterocycles. The van der Waals surface area contributed by atoms with Gasteiger partial charge >= 0.3 is 0 Å². The molecular weight excluding hydrogens is 386 g/mol. The minimum atomic E-state index is -0.103. The zero-order chi connectivity index (χ0) is 19.7. The van der Waals surface area contributed by atoms with Crippen LogP contribution < -0.4 is 16.4 Å². The van der Waals surface area contributed by atoms with Crippen LogP contribution in [-0.2, 0) is 11.3 Å². The fraction of sp³-hybridized carbons (Fsp3) is 0.652. The molecule has 1 unspecified atom stereocenters. The van der Waals surface area contributed by atoms with E-state index in [9.17, 15) is 9.59 Å². The van der Waals surface area contributed by atoms with Crippen LogP contribution in [0.15, 0.2) is 24.3 Å². The highest BCUT2D eigenvalue weighted by molar-refractivity contribution is 5.94. The molecule has 5 nitrogen and oxygen atoms in total. The summed E-state index contributed by atoms with van der Waals surface area (Å²) in [4.78, 5) is 25.2.